The molecule has 24 heavy (non-hydrogen) atoms. The third-order valence-electron chi connectivity index (χ3n) is 3.12. The van der Waals surface area contributed by atoms with E-state index in [1.807, 2.05) is 12.1 Å². The van der Waals surface area contributed by atoms with Gasteiger partial charge in [0.05, 0.1) is 16.3 Å². The Morgan fingerprint density at radius 3 is 2.96 bits per heavy atom. The number of furan rings is 1. The molecular formula is C17H12Cl2N2O2S. The van der Waals surface area contributed by atoms with E-state index in [0.717, 1.165) is 10.4 Å². The van der Waals surface area contributed by atoms with Crippen molar-refractivity contribution < 1.29 is 9.21 Å². The van der Waals surface area contributed by atoms with E-state index >= 15 is 0 Å². The molecule has 1 amide bonds. The minimum Gasteiger partial charge on any atom is -0.465 e. The molecule has 1 aromatic carbocycles. The van der Waals surface area contributed by atoms with E-state index in [1.165, 1.54) is 17.4 Å². The molecule has 4 nitrogen and oxygen atoms in total. The van der Waals surface area contributed by atoms with Crippen molar-refractivity contribution in [1.82, 2.24) is 4.98 Å². The summed E-state index contributed by atoms with van der Waals surface area (Å²) in [5.74, 6) is 0.341. The summed E-state index contributed by atoms with van der Waals surface area (Å²) in [7, 11) is 0. The van der Waals surface area contributed by atoms with Crippen molar-refractivity contribution in [1.29, 1.82) is 0 Å². The van der Waals surface area contributed by atoms with E-state index in [4.69, 9.17) is 27.6 Å². The van der Waals surface area contributed by atoms with Crippen LogP contribution in [0.15, 0.2) is 53.3 Å². The molecule has 0 fully saturated rings. The molecule has 1 N–H and O–H groups in total. The monoisotopic (exact) mass is 378 g/mol. The van der Waals surface area contributed by atoms with Crippen LogP contribution in [0.2, 0.25) is 10.0 Å². The summed E-state index contributed by atoms with van der Waals surface area (Å²) in [6, 6.07) is 9.04. The Hall–Kier alpha value is -2.08. The molecule has 0 radical (unpaired) electrons. The fourth-order valence-electron chi connectivity index (χ4n) is 2.01. The van der Waals surface area contributed by atoms with Crippen molar-refractivity contribution in [3.8, 4) is 0 Å². The van der Waals surface area contributed by atoms with Crippen LogP contribution < -0.4 is 5.32 Å². The average molecular weight is 379 g/mol. The molecule has 0 atom stereocenters. The molecule has 0 spiro atoms. The molecule has 0 aliphatic carbocycles. The van der Waals surface area contributed by atoms with Crippen LogP contribution in [0.5, 0.6) is 0 Å². The maximum atomic E-state index is 11.9. The molecule has 0 aliphatic rings. The maximum absolute atomic E-state index is 11.9. The second-order valence-electron chi connectivity index (χ2n) is 4.86. The lowest BCUT2D eigenvalue weighted by molar-refractivity contribution is -0.111. The number of nitrogens with zero attached hydrogens (tertiary/aromatic N) is 1. The summed E-state index contributed by atoms with van der Waals surface area (Å²) in [6.07, 6.45) is 6.86. The first kappa shape index (κ1) is 16.8. The van der Waals surface area contributed by atoms with Gasteiger partial charge in [-0.3, -0.25) is 10.1 Å². The van der Waals surface area contributed by atoms with Crippen LogP contribution in [-0.4, -0.2) is 10.9 Å². The Bertz CT molecular complexity index is 873. The Kier molecular flexibility index (Phi) is 5.35. The van der Waals surface area contributed by atoms with Crippen LogP contribution in [0.4, 0.5) is 5.13 Å². The molecule has 0 unspecified atom stereocenters. The highest BCUT2D eigenvalue weighted by Gasteiger charge is 2.09. The number of carbonyl (C=O) groups is 1. The highest BCUT2D eigenvalue weighted by Crippen LogP contribution is 2.29. The zero-order valence-electron chi connectivity index (χ0n) is 12.3. The molecular weight excluding hydrogens is 367 g/mol. The fraction of sp³-hybridized carbons (Fsp3) is 0.0588. The van der Waals surface area contributed by atoms with Gasteiger partial charge >= 0.3 is 0 Å². The van der Waals surface area contributed by atoms with Crippen LogP contribution >= 0.6 is 34.5 Å². The second-order valence-corrected chi connectivity index (χ2v) is 6.76. The van der Waals surface area contributed by atoms with E-state index in [9.17, 15) is 4.79 Å². The van der Waals surface area contributed by atoms with Crippen LogP contribution in [-0.2, 0) is 11.2 Å². The quantitative estimate of drug-likeness (QED) is 0.613. The fourth-order valence-corrected chi connectivity index (χ4v) is 3.24. The first-order chi connectivity index (χ1) is 11.6. The Morgan fingerprint density at radius 2 is 2.17 bits per heavy atom. The topological polar surface area (TPSA) is 55.1 Å². The van der Waals surface area contributed by atoms with Crippen molar-refractivity contribution in [2.45, 2.75) is 6.42 Å². The van der Waals surface area contributed by atoms with Gasteiger partial charge in [-0.15, -0.1) is 11.3 Å². The van der Waals surface area contributed by atoms with Crippen LogP contribution in [0.3, 0.4) is 0 Å². The SMILES string of the molecule is O=C(/C=C\c1ccco1)Nc1ncc(Cc2cccc(Cl)c2Cl)s1. The van der Waals surface area contributed by atoms with Crippen molar-refractivity contribution in [3.05, 3.63) is 75.1 Å². The lowest BCUT2D eigenvalue weighted by Gasteiger charge is -2.03. The molecule has 0 saturated carbocycles. The molecule has 122 valence electrons. The van der Waals surface area contributed by atoms with E-state index in [1.54, 1.807) is 36.7 Å². The lowest BCUT2D eigenvalue weighted by atomic mass is 10.1. The van der Waals surface area contributed by atoms with Crippen LogP contribution in [0, 0.1) is 0 Å². The number of hydrogen-bond acceptors (Lipinski definition) is 4. The molecule has 3 rings (SSSR count). The molecule has 2 aromatic heterocycles. The van der Waals surface area contributed by atoms with Gasteiger partial charge in [0.2, 0.25) is 5.91 Å². The first-order valence-corrected chi connectivity index (χ1v) is 8.59. The summed E-state index contributed by atoms with van der Waals surface area (Å²) in [6.45, 7) is 0. The molecule has 3 aromatic rings. The number of carbonyl (C=O) groups excluding carboxylic acids is 1. The number of thiazole rings is 1. The molecule has 7 heteroatoms. The lowest BCUT2D eigenvalue weighted by Crippen LogP contribution is -2.06. The van der Waals surface area contributed by atoms with Gasteiger partial charge in [0.25, 0.3) is 0 Å². The van der Waals surface area contributed by atoms with E-state index in [0.29, 0.717) is 27.4 Å². The van der Waals surface area contributed by atoms with E-state index < -0.39 is 0 Å². The van der Waals surface area contributed by atoms with Gasteiger partial charge in [0.1, 0.15) is 5.76 Å². The zero-order valence-corrected chi connectivity index (χ0v) is 14.7. The first-order valence-electron chi connectivity index (χ1n) is 7.02. The minimum atomic E-state index is -0.270. The summed E-state index contributed by atoms with van der Waals surface area (Å²) in [5.41, 5.74) is 0.920. The van der Waals surface area contributed by atoms with Crippen LogP contribution in [0.1, 0.15) is 16.2 Å². The molecule has 0 saturated heterocycles. The largest absolute Gasteiger partial charge is 0.465 e. The highest BCUT2D eigenvalue weighted by atomic mass is 35.5. The van der Waals surface area contributed by atoms with Gasteiger partial charge in [-0.25, -0.2) is 4.98 Å². The standard InChI is InChI=1S/C17H12Cl2N2O2S/c18-14-5-1-3-11(16(14)19)9-13-10-20-17(24-13)21-15(22)7-6-12-4-2-8-23-12/h1-8,10H,9H2,(H,20,21,22)/b7-6-. The number of hydrogen-bond donors (Lipinski definition) is 1. The van der Waals surface area contributed by atoms with Crippen molar-refractivity contribution in [2.24, 2.45) is 0 Å². The Labute approximate surface area is 152 Å². The van der Waals surface area contributed by atoms with Crippen LogP contribution in [0.25, 0.3) is 6.08 Å². The second kappa shape index (κ2) is 7.66. The van der Waals surface area contributed by atoms with Gasteiger partial charge in [-0.1, -0.05) is 35.3 Å². The van der Waals surface area contributed by atoms with Crippen molar-refractivity contribution in [2.75, 3.05) is 5.32 Å². The third kappa shape index (κ3) is 4.26. The summed E-state index contributed by atoms with van der Waals surface area (Å²) in [4.78, 5) is 17.0. The predicted octanol–water partition coefficient (Wildman–Crippen LogP) is 5.29. The van der Waals surface area contributed by atoms with Gasteiger partial charge in [0.15, 0.2) is 5.13 Å². The smallest absolute Gasteiger partial charge is 0.250 e. The van der Waals surface area contributed by atoms with Gasteiger partial charge < -0.3 is 4.42 Å². The van der Waals surface area contributed by atoms with Gasteiger partial charge in [0, 0.05) is 23.6 Å². The maximum Gasteiger partial charge on any atom is 0.250 e. The number of benzene rings is 1. The van der Waals surface area contributed by atoms with Crippen molar-refractivity contribution in [3.63, 3.8) is 0 Å². The number of halogens is 2. The zero-order chi connectivity index (χ0) is 16.9. The normalized spacial score (nSPS) is 11.1. The van der Waals surface area contributed by atoms with E-state index in [-0.39, 0.29) is 5.91 Å². The number of aromatic nitrogens is 1. The van der Waals surface area contributed by atoms with Crippen molar-refractivity contribution >= 4 is 51.7 Å². The minimum absolute atomic E-state index is 0.270. The third-order valence-corrected chi connectivity index (χ3v) is 4.89. The Morgan fingerprint density at radius 1 is 1.29 bits per heavy atom. The summed E-state index contributed by atoms with van der Waals surface area (Å²) < 4.78 is 5.12. The Balaban J connectivity index is 1.63. The molecule has 0 bridgehead atoms. The van der Waals surface area contributed by atoms with Gasteiger partial charge in [-0.2, -0.15) is 0 Å². The summed E-state index contributed by atoms with van der Waals surface area (Å²) in [5, 5.41) is 4.31. The number of anilines is 1. The average Bonchev–Trinajstić information content (AvgIpc) is 3.22. The molecule has 2 heterocycles. The number of nitrogens with one attached hydrogen (secondary N) is 1. The molecule has 0 aliphatic heterocycles. The summed E-state index contributed by atoms with van der Waals surface area (Å²) >= 11 is 13.6. The predicted molar refractivity (Wildman–Crippen MR) is 97.8 cm³/mol. The van der Waals surface area contributed by atoms with E-state index in [2.05, 4.69) is 10.3 Å². The number of amides is 1. The van der Waals surface area contributed by atoms with Gasteiger partial charge in [-0.05, 0) is 29.8 Å². The highest BCUT2D eigenvalue weighted by molar-refractivity contribution is 7.15. The number of rotatable bonds is 5.